The van der Waals surface area contributed by atoms with Crippen LogP contribution in [0.2, 0.25) is 0 Å². The molecule has 0 amide bonds. The van der Waals surface area contributed by atoms with E-state index in [1.807, 2.05) is 6.08 Å². The second-order valence-electron chi connectivity index (χ2n) is 9.02. The highest BCUT2D eigenvalue weighted by Gasteiger charge is 2.38. The smallest absolute Gasteiger partial charge is 0.0829 e. The van der Waals surface area contributed by atoms with Gasteiger partial charge in [0.1, 0.15) is 0 Å². The molecule has 3 aliphatic rings. The Morgan fingerprint density at radius 2 is 1.65 bits per heavy atom. The highest BCUT2D eigenvalue weighted by Crippen LogP contribution is 2.48. The standard InChI is InChI=1S/C25H33F/c1-2-3-18-4-6-22-16-24(10-8-20(22)14-18)25-11-9-21-15-19(12-13-26)5-7-23(21)17-25/h2-4,6,12-14,19,21,23-25H,5,7-11,15-17H2,1H3/t19-,21?,23+,24?,25?/m0/s1. The molecule has 4 rings (SSSR count). The van der Waals surface area contributed by atoms with E-state index in [2.05, 4.69) is 37.3 Å². The number of allylic oxidation sites excluding steroid dienone is 2. The Labute approximate surface area is 158 Å². The summed E-state index contributed by atoms with van der Waals surface area (Å²) in [5.74, 6) is 4.09. The Hall–Kier alpha value is -1.37. The third-order valence-electron chi connectivity index (χ3n) is 7.56. The summed E-state index contributed by atoms with van der Waals surface area (Å²) in [4.78, 5) is 0. The van der Waals surface area contributed by atoms with Gasteiger partial charge in [0, 0.05) is 0 Å². The van der Waals surface area contributed by atoms with Crippen LogP contribution in [-0.2, 0) is 12.8 Å². The van der Waals surface area contributed by atoms with Crippen molar-refractivity contribution in [1.29, 1.82) is 0 Å². The Morgan fingerprint density at radius 3 is 2.46 bits per heavy atom. The monoisotopic (exact) mass is 352 g/mol. The topological polar surface area (TPSA) is 0 Å². The average molecular weight is 353 g/mol. The predicted octanol–water partition coefficient (Wildman–Crippen LogP) is 7.14. The second-order valence-corrected chi connectivity index (χ2v) is 9.02. The van der Waals surface area contributed by atoms with Gasteiger partial charge in [0.05, 0.1) is 6.33 Å². The maximum atomic E-state index is 12.5. The predicted molar refractivity (Wildman–Crippen MR) is 109 cm³/mol. The largest absolute Gasteiger partial charge is 0.216 e. The molecule has 1 aromatic rings. The third kappa shape index (κ3) is 3.82. The average Bonchev–Trinajstić information content (AvgIpc) is 2.68. The number of aryl methyl sites for hydroxylation is 1. The van der Waals surface area contributed by atoms with Crippen LogP contribution in [0.1, 0.15) is 68.6 Å². The number of hydrogen-bond donors (Lipinski definition) is 0. The maximum absolute atomic E-state index is 12.5. The number of halogens is 1. The Morgan fingerprint density at radius 1 is 0.885 bits per heavy atom. The van der Waals surface area contributed by atoms with Crippen LogP contribution in [0.5, 0.6) is 0 Å². The first-order chi connectivity index (χ1) is 12.8. The van der Waals surface area contributed by atoms with Gasteiger partial charge >= 0.3 is 0 Å². The molecule has 0 heterocycles. The van der Waals surface area contributed by atoms with Crippen LogP contribution in [0.15, 0.2) is 36.7 Å². The molecular formula is C25H33F. The Balaban J connectivity index is 1.38. The van der Waals surface area contributed by atoms with Crippen LogP contribution in [0.4, 0.5) is 4.39 Å². The summed E-state index contributed by atoms with van der Waals surface area (Å²) in [6.45, 7) is 2.09. The highest BCUT2D eigenvalue weighted by atomic mass is 19.1. The highest BCUT2D eigenvalue weighted by molar-refractivity contribution is 5.52. The van der Waals surface area contributed by atoms with Crippen LogP contribution >= 0.6 is 0 Å². The summed E-state index contributed by atoms with van der Waals surface area (Å²) >= 11 is 0. The third-order valence-corrected chi connectivity index (χ3v) is 7.56. The summed E-state index contributed by atoms with van der Waals surface area (Å²) in [6.07, 6.45) is 18.8. The lowest BCUT2D eigenvalue weighted by atomic mass is 9.61. The summed E-state index contributed by atoms with van der Waals surface area (Å²) < 4.78 is 12.5. The molecule has 3 unspecified atom stereocenters. The van der Waals surface area contributed by atoms with E-state index in [0.29, 0.717) is 5.92 Å². The fourth-order valence-electron chi connectivity index (χ4n) is 6.17. The van der Waals surface area contributed by atoms with Crippen molar-refractivity contribution in [2.75, 3.05) is 0 Å². The van der Waals surface area contributed by atoms with Crippen molar-refractivity contribution in [3.63, 3.8) is 0 Å². The molecule has 2 fully saturated rings. The first kappa shape index (κ1) is 18.0. The van der Waals surface area contributed by atoms with Gasteiger partial charge < -0.3 is 0 Å². The lowest BCUT2D eigenvalue weighted by Crippen LogP contribution is -2.34. The van der Waals surface area contributed by atoms with Crippen molar-refractivity contribution in [1.82, 2.24) is 0 Å². The van der Waals surface area contributed by atoms with E-state index in [-0.39, 0.29) is 0 Å². The van der Waals surface area contributed by atoms with Crippen molar-refractivity contribution < 1.29 is 4.39 Å². The van der Waals surface area contributed by atoms with E-state index >= 15 is 0 Å². The van der Waals surface area contributed by atoms with E-state index in [1.54, 1.807) is 11.1 Å². The van der Waals surface area contributed by atoms with Crippen molar-refractivity contribution in [2.45, 2.75) is 64.7 Å². The summed E-state index contributed by atoms with van der Waals surface area (Å²) in [7, 11) is 0. The first-order valence-corrected chi connectivity index (χ1v) is 10.8. The molecule has 1 aromatic carbocycles. The van der Waals surface area contributed by atoms with Gasteiger partial charge in [0.25, 0.3) is 0 Å². The van der Waals surface area contributed by atoms with Crippen LogP contribution < -0.4 is 0 Å². The molecule has 26 heavy (non-hydrogen) atoms. The van der Waals surface area contributed by atoms with Crippen molar-refractivity contribution in [3.05, 3.63) is 53.4 Å². The van der Waals surface area contributed by atoms with Crippen LogP contribution in [0.3, 0.4) is 0 Å². The quantitative estimate of drug-likeness (QED) is 0.542. The molecule has 3 aliphatic carbocycles. The molecular weight excluding hydrogens is 319 g/mol. The molecule has 0 radical (unpaired) electrons. The molecule has 140 valence electrons. The Kier molecular flexibility index (Phi) is 5.62. The van der Waals surface area contributed by atoms with Gasteiger partial charge in [-0.3, -0.25) is 0 Å². The molecule has 0 bridgehead atoms. The maximum Gasteiger partial charge on any atom is 0.0829 e. The normalized spacial score (nSPS) is 34.8. The second kappa shape index (κ2) is 8.11. The van der Waals surface area contributed by atoms with E-state index in [4.69, 9.17) is 0 Å². The van der Waals surface area contributed by atoms with Crippen molar-refractivity contribution in [2.24, 2.45) is 29.6 Å². The number of fused-ring (bicyclic) bond motifs is 2. The van der Waals surface area contributed by atoms with Crippen molar-refractivity contribution in [3.8, 4) is 0 Å². The molecule has 2 saturated carbocycles. The number of hydrogen-bond acceptors (Lipinski definition) is 0. The van der Waals surface area contributed by atoms with Crippen LogP contribution in [-0.4, -0.2) is 0 Å². The molecule has 0 aliphatic heterocycles. The van der Waals surface area contributed by atoms with E-state index in [9.17, 15) is 4.39 Å². The minimum Gasteiger partial charge on any atom is -0.216 e. The molecule has 0 nitrogen and oxygen atoms in total. The molecule has 0 spiro atoms. The van der Waals surface area contributed by atoms with Crippen molar-refractivity contribution >= 4 is 6.08 Å². The molecule has 0 saturated heterocycles. The number of rotatable bonds is 3. The van der Waals surface area contributed by atoms with Gasteiger partial charge in [-0.25, -0.2) is 4.39 Å². The molecule has 1 heteroatoms. The van der Waals surface area contributed by atoms with Gasteiger partial charge in [-0.1, -0.05) is 36.4 Å². The Bertz CT molecular complexity index is 671. The van der Waals surface area contributed by atoms with E-state index in [1.165, 1.54) is 63.4 Å². The van der Waals surface area contributed by atoms with Gasteiger partial charge in [-0.2, -0.15) is 0 Å². The first-order valence-electron chi connectivity index (χ1n) is 10.8. The minimum absolute atomic E-state index is 0.505. The number of benzene rings is 1. The minimum atomic E-state index is 0.505. The fourth-order valence-corrected chi connectivity index (χ4v) is 6.17. The lowest BCUT2D eigenvalue weighted by molar-refractivity contribution is 0.0809. The van der Waals surface area contributed by atoms with Gasteiger partial charge in [-0.15, -0.1) is 0 Å². The fraction of sp³-hybridized carbons (Fsp3) is 0.600. The van der Waals surface area contributed by atoms with Crippen LogP contribution in [0.25, 0.3) is 6.08 Å². The zero-order valence-electron chi connectivity index (χ0n) is 16.2. The van der Waals surface area contributed by atoms with E-state index in [0.717, 1.165) is 30.0 Å². The zero-order valence-corrected chi connectivity index (χ0v) is 16.2. The summed E-state index contributed by atoms with van der Waals surface area (Å²) in [5.41, 5.74) is 4.54. The van der Waals surface area contributed by atoms with Gasteiger partial charge in [-0.05, 0) is 111 Å². The van der Waals surface area contributed by atoms with Gasteiger partial charge in [0.2, 0.25) is 0 Å². The lowest BCUT2D eigenvalue weighted by Gasteiger charge is -2.44. The molecule has 0 N–H and O–H groups in total. The summed E-state index contributed by atoms with van der Waals surface area (Å²) in [5, 5.41) is 0. The molecule has 5 atom stereocenters. The van der Waals surface area contributed by atoms with E-state index < -0.39 is 0 Å². The van der Waals surface area contributed by atoms with Gasteiger partial charge in [0.15, 0.2) is 0 Å². The van der Waals surface area contributed by atoms with Crippen LogP contribution in [0, 0.1) is 29.6 Å². The molecule has 0 aromatic heterocycles. The summed E-state index contributed by atoms with van der Waals surface area (Å²) in [6, 6.07) is 7.08. The SMILES string of the molecule is CC=Cc1ccc2c(c1)CCC(C1CCC3C[C@H](C=CF)CC[C@@H]3C1)C2. The zero-order chi connectivity index (χ0) is 17.9.